The number of sulfonamides is 1. The third kappa shape index (κ3) is 5.22. The maximum atomic E-state index is 13.4. The maximum Gasteiger partial charge on any atom is 0.245 e. The Morgan fingerprint density at radius 1 is 1.07 bits per heavy atom. The Morgan fingerprint density at radius 2 is 1.80 bits per heavy atom. The summed E-state index contributed by atoms with van der Waals surface area (Å²) in [5, 5.41) is 2.60. The first-order valence-corrected chi connectivity index (χ1v) is 10.9. The Hall–Kier alpha value is -3.23. The van der Waals surface area contributed by atoms with Crippen molar-refractivity contribution in [2.75, 3.05) is 11.9 Å². The minimum Gasteiger partial charge on any atom is -0.492 e. The van der Waals surface area contributed by atoms with Gasteiger partial charge in [-0.3, -0.25) is 9.78 Å². The van der Waals surface area contributed by atoms with Crippen molar-refractivity contribution in [1.82, 2.24) is 9.71 Å². The molecule has 0 saturated heterocycles. The first-order chi connectivity index (χ1) is 14.4. The number of nitrogens with zero attached hydrogens (tertiary/aromatic N) is 1. The van der Waals surface area contributed by atoms with Crippen molar-refractivity contribution in [3.8, 4) is 5.75 Å². The lowest BCUT2D eigenvalue weighted by atomic mass is 10.0. The third-order valence-corrected chi connectivity index (χ3v) is 5.69. The molecule has 1 aromatic heterocycles. The number of hydrogen-bond donors (Lipinski definition) is 2. The topological polar surface area (TPSA) is 97.4 Å². The molecule has 0 aliphatic rings. The number of benzene rings is 2. The second kappa shape index (κ2) is 9.51. The molecule has 30 heavy (non-hydrogen) atoms. The summed E-state index contributed by atoms with van der Waals surface area (Å²) in [6.45, 7) is 3.42. The second-order valence-electron chi connectivity index (χ2n) is 6.50. The lowest BCUT2D eigenvalue weighted by molar-refractivity contribution is -0.114. The molecule has 0 spiro atoms. The fourth-order valence-corrected chi connectivity index (χ4v) is 4.35. The summed E-state index contributed by atoms with van der Waals surface area (Å²) in [7, 11) is -4.03. The predicted molar refractivity (Wildman–Crippen MR) is 115 cm³/mol. The van der Waals surface area contributed by atoms with Crippen molar-refractivity contribution < 1.29 is 17.9 Å². The molecule has 8 heteroatoms. The molecule has 7 nitrogen and oxygen atoms in total. The molecule has 2 N–H and O–H groups in total. The summed E-state index contributed by atoms with van der Waals surface area (Å²) in [5.41, 5.74) is 1.67. The van der Waals surface area contributed by atoms with Gasteiger partial charge in [-0.25, -0.2) is 8.42 Å². The van der Waals surface area contributed by atoms with Crippen LogP contribution >= 0.6 is 0 Å². The van der Waals surface area contributed by atoms with Crippen LogP contribution in [0.5, 0.6) is 5.75 Å². The normalized spacial score (nSPS) is 12.2. The van der Waals surface area contributed by atoms with Crippen LogP contribution < -0.4 is 14.8 Å². The Balaban J connectivity index is 2.05. The largest absolute Gasteiger partial charge is 0.492 e. The average molecular weight is 426 g/mol. The zero-order valence-corrected chi connectivity index (χ0v) is 17.5. The highest BCUT2D eigenvalue weighted by Crippen LogP contribution is 2.30. The molecule has 156 valence electrons. The highest BCUT2D eigenvalue weighted by molar-refractivity contribution is 7.89. The average Bonchev–Trinajstić information content (AvgIpc) is 2.74. The number of anilines is 1. The van der Waals surface area contributed by atoms with Crippen LogP contribution in [0.3, 0.4) is 0 Å². The monoisotopic (exact) mass is 425 g/mol. The van der Waals surface area contributed by atoms with Gasteiger partial charge in [-0.1, -0.05) is 36.4 Å². The predicted octanol–water partition coefficient (Wildman–Crippen LogP) is 3.51. The molecule has 0 unspecified atom stereocenters. The zero-order valence-electron chi connectivity index (χ0n) is 16.7. The third-order valence-electron chi connectivity index (χ3n) is 4.24. The van der Waals surface area contributed by atoms with Crippen LogP contribution in [0.2, 0.25) is 0 Å². The number of pyridine rings is 1. The van der Waals surface area contributed by atoms with Crippen LogP contribution in [-0.4, -0.2) is 25.9 Å². The van der Waals surface area contributed by atoms with Crippen LogP contribution in [0, 0.1) is 0 Å². The maximum absolute atomic E-state index is 13.4. The number of aromatic nitrogens is 1. The van der Waals surface area contributed by atoms with Gasteiger partial charge in [0.25, 0.3) is 0 Å². The van der Waals surface area contributed by atoms with Crippen LogP contribution in [0.25, 0.3) is 0 Å². The Labute approximate surface area is 176 Å². The van der Waals surface area contributed by atoms with E-state index in [9.17, 15) is 13.2 Å². The SMILES string of the molecule is CCOc1ccc(NC(C)=O)cc1S(=O)(=O)N[C@H](c1ccccc1)c1ccccn1. The van der Waals surface area contributed by atoms with Crippen LogP contribution in [0.15, 0.2) is 77.8 Å². The Kier molecular flexibility index (Phi) is 6.81. The Bertz CT molecular complexity index is 1060. The number of hydrogen-bond acceptors (Lipinski definition) is 5. The van der Waals surface area contributed by atoms with E-state index in [0.29, 0.717) is 18.0 Å². The minimum atomic E-state index is -4.03. The number of carbonyl (C=O) groups excluding carboxylic acids is 1. The molecule has 0 saturated carbocycles. The van der Waals surface area contributed by atoms with Crippen molar-refractivity contribution in [1.29, 1.82) is 0 Å². The summed E-state index contributed by atoms with van der Waals surface area (Å²) in [5.74, 6) is -0.0990. The molecule has 0 bridgehead atoms. The molecule has 3 aromatic rings. The van der Waals surface area contributed by atoms with Crippen molar-refractivity contribution in [2.24, 2.45) is 0 Å². The number of carbonyl (C=O) groups is 1. The van der Waals surface area contributed by atoms with Gasteiger partial charge < -0.3 is 10.1 Å². The van der Waals surface area contributed by atoms with Gasteiger partial charge in [-0.2, -0.15) is 4.72 Å². The van der Waals surface area contributed by atoms with E-state index < -0.39 is 16.1 Å². The number of nitrogens with one attached hydrogen (secondary N) is 2. The standard InChI is InChI=1S/C22H23N3O4S/c1-3-29-20-13-12-18(24-16(2)26)15-21(20)30(27,28)25-22(17-9-5-4-6-10-17)19-11-7-8-14-23-19/h4-15,22,25H,3H2,1-2H3,(H,24,26)/t22-/m1/s1. The first-order valence-electron chi connectivity index (χ1n) is 9.43. The quantitative estimate of drug-likeness (QED) is 0.576. The molecular weight excluding hydrogens is 402 g/mol. The van der Waals surface area contributed by atoms with E-state index in [2.05, 4.69) is 15.0 Å². The highest BCUT2D eigenvalue weighted by atomic mass is 32.2. The van der Waals surface area contributed by atoms with E-state index in [1.807, 2.05) is 30.3 Å². The molecule has 1 amide bonds. The van der Waals surface area contributed by atoms with Crippen molar-refractivity contribution in [2.45, 2.75) is 24.8 Å². The van der Waals surface area contributed by atoms with E-state index in [4.69, 9.17) is 4.74 Å². The van der Waals surface area contributed by atoms with Gasteiger partial charge >= 0.3 is 0 Å². The van der Waals surface area contributed by atoms with Gasteiger partial charge in [0.1, 0.15) is 10.6 Å². The molecule has 1 atom stereocenters. The summed E-state index contributed by atoms with van der Waals surface area (Å²) < 4.78 is 35.1. The second-order valence-corrected chi connectivity index (χ2v) is 8.18. The number of amides is 1. The van der Waals surface area contributed by atoms with Gasteiger partial charge in [-0.05, 0) is 42.8 Å². The van der Waals surface area contributed by atoms with Crippen LogP contribution in [-0.2, 0) is 14.8 Å². The van der Waals surface area contributed by atoms with Gasteiger partial charge in [0, 0.05) is 18.8 Å². The van der Waals surface area contributed by atoms with E-state index in [0.717, 1.165) is 5.56 Å². The molecule has 0 aliphatic heterocycles. The molecule has 0 fully saturated rings. The lowest BCUT2D eigenvalue weighted by Crippen LogP contribution is -2.30. The van der Waals surface area contributed by atoms with Gasteiger partial charge in [0.05, 0.1) is 18.3 Å². The fraction of sp³-hybridized carbons (Fsp3) is 0.182. The molecular formula is C22H23N3O4S. The summed E-state index contributed by atoms with van der Waals surface area (Å²) >= 11 is 0. The Morgan fingerprint density at radius 3 is 2.43 bits per heavy atom. The van der Waals surface area contributed by atoms with E-state index >= 15 is 0 Å². The van der Waals surface area contributed by atoms with Crippen LogP contribution in [0.4, 0.5) is 5.69 Å². The van der Waals surface area contributed by atoms with Gasteiger partial charge in [0.15, 0.2) is 0 Å². The van der Waals surface area contributed by atoms with Crippen LogP contribution in [0.1, 0.15) is 31.1 Å². The lowest BCUT2D eigenvalue weighted by Gasteiger charge is -2.20. The molecule has 0 aliphatic carbocycles. The van der Waals surface area contributed by atoms with Gasteiger partial charge in [-0.15, -0.1) is 0 Å². The van der Waals surface area contributed by atoms with E-state index in [1.165, 1.54) is 19.1 Å². The zero-order chi connectivity index (χ0) is 21.6. The van der Waals surface area contributed by atoms with Gasteiger partial charge in [0.2, 0.25) is 15.9 Å². The molecule has 0 radical (unpaired) electrons. The smallest absolute Gasteiger partial charge is 0.245 e. The molecule has 1 heterocycles. The number of rotatable bonds is 8. The fourth-order valence-electron chi connectivity index (χ4n) is 2.98. The first kappa shape index (κ1) is 21.5. The highest BCUT2D eigenvalue weighted by Gasteiger charge is 2.27. The van der Waals surface area contributed by atoms with Crippen molar-refractivity contribution in [3.05, 3.63) is 84.2 Å². The van der Waals surface area contributed by atoms with E-state index in [1.54, 1.807) is 37.4 Å². The molecule has 2 aromatic carbocycles. The summed E-state index contributed by atoms with van der Waals surface area (Å²) in [6.07, 6.45) is 1.61. The van der Waals surface area contributed by atoms with Crippen molar-refractivity contribution in [3.63, 3.8) is 0 Å². The summed E-state index contributed by atoms with van der Waals surface area (Å²) in [6, 6.07) is 18.3. The summed E-state index contributed by atoms with van der Waals surface area (Å²) in [4.78, 5) is 15.7. The van der Waals surface area contributed by atoms with Crippen molar-refractivity contribution >= 4 is 21.6 Å². The minimum absolute atomic E-state index is 0.0625. The molecule has 3 rings (SSSR count). The van der Waals surface area contributed by atoms with E-state index in [-0.39, 0.29) is 16.6 Å². The number of ether oxygens (including phenoxy) is 1.